The highest BCUT2D eigenvalue weighted by Gasteiger charge is 2.21. The van der Waals surface area contributed by atoms with Crippen LogP contribution < -0.4 is 5.32 Å². The highest BCUT2D eigenvalue weighted by molar-refractivity contribution is 6.04. The Balaban J connectivity index is 1.25. The van der Waals surface area contributed by atoms with Gasteiger partial charge in [0.1, 0.15) is 5.82 Å². The van der Waals surface area contributed by atoms with Gasteiger partial charge in [0.2, 0.25) is 0 Å². The van der Waals surface area contributed by atoms with E-state index in [-0.39, 0.29) is 11.7 Å². The van der Waals surface area contributed by atoms with Gasteiger partial charge in [-0.15, -0.1) is 0 Å². The molecule has 0 atom stereocenters. The Morgan fingerprint density at radius 3 is 2.23 bits per heavy atom. The van der Waals surface area contributed by atoms with Crippen molar-refractivity contribution in [1.82, 2.24) is 9.80 Å². The third-order valence-electron chi connectivity index (χ3n) is 7.33. The molecule has 5 rings (SSSR count). The van der Waals surface area contributed by atoms with E-state index in [1.165, 1.54) is 28.8 Å². The van der Waals surface area contributed by atoms with Crippen molar-refractivity contribution in [3.8, 4) is 11.1 Å². The van der Waals surface area contributed by atoms with Gasteiger partial charge in [-0.1, -0.05) is 35.9 Å². The van der Waals surface area contributed by atoms with E-state index in [1.54, 1.807) is 17.7 Å². The first-order valence-corrected chi connectivity index (χ1v) is 12.4. The van der Waals surface area contributed by atoms with Gasteiger partial charge in [0.15, 0.2) is 0 Å². The van der Waals surface area contributed by atoms with E-state index in [1.807, 2.05) is 30.3 Å². The first-order valence-electron chi connectivity index (χ1n) is 12.4. The summed E-state index contributed by atoms with van der Waals surface area (Å²) in [5.74, 6) is -0.388. The molecule has 0 saturated carbocycles. The number of anilines is 1. The van der Waals surface area contributed by atoms with Crippen LogP contribution in [0.2, 0.25) is 0 Å². The number of hydrogen-bond acceptors (Lipinski definition) is 3. The van der Waals surface area contributed by atoms with Gasteiger partial charge in [-0.2, -0.15) is 0 Å². The van der Waals surface area contributed by atoms with Crippen LogP contribution in [0.15, 0.2) is 72.3 Å². The summed E-state index contributed by atoms with van der Waals surface area (Å²) in [5.41, 5.74) is 8.83. The fraction of sp³-hybridized carbons (Fsp3) is 0.300. The number of hydrogen-bond donors (Lipinski definition) is 1. The van der Waals surface area contributed by atoms with Crippen molar-refractivity contribution in [2.45, 2.75) is 19.8 Å². The zero-order valence-corrected chi connectivity index (χ0v) is 20.5. The average Bonchev–Trinajstić information content (AvgIpc) is 2.87. The number of benzene rings is 3. The number of aryl methyl sites for hydroxylation is 1. The molecule has 1 amide bonds. The van der Waals surface area contributed by atoms with E-state index in [4.69, 9.17) is 0 Å². The second kappa shape index (κ2) is 10.1. The van der Waals surface area contributed by atoms with E-state index >= 15 is 0 Å². The molecule has 0 unspecified atom stereocenters. The summed E-state index contributed by atoms with van der Waals surface area (Å²) < 4.78 is 13.2. The number of amides is 1. The van der Waals surface area contributed by atoms with Crippen LogP contribution in [-0.2, 0) is 6.42 Å². The summed E-state index contributed by atoms with van der Waals surface area (Å²) in [6.07, 6.45) is 2.08. The molecule has 0 spiro atoms. The molecular formula is C30H32FN3O. The molecule has 0 bridgehead atoms. The summed E-state index contributed by atoms with van der Waals surface area (Å²) in [4.78, 5) is 17.8. The van der Waals surface area contributed by atoms with Gasteiger partial charge < -0.3 is 10.2 Å². The van der Waals surface area contributed by atoms with Crippen LogP contribution >= 0.6 is 0 Å². The molecule has 3 aromatic carbocycles. The Morgan fingerprint density at radius 2 is 1.54 bits per heavy atom. The first kappa shape index (κ1) is 23.5. The third kappa shape index (κ3) is 5.37. The maximum atomic E-state index is 13.2. The number of likely N-dealkylation sites (N-methyl/N-ethyl adjacent to an activating group) is 1. The number of nitrogens with one attached hydrogen (secondary N) is 1. The molecule has 0 radical (unpaired) electrons. The Morgan fingerprint density at radius 1 is 0.886 bits per heavy atom. The van der Waals surface area contributed by atoms with Gasteiger partial charge in [-0.05, 0) is 91.0 Å². The second-order valence-electron chi connectivity index (χ2n) is 9.72. The Labute approximate surface area is 207 Å². The monoisotopic (exact) mass is 469 g/mol. The largest absolute Gasteiger partial charge is 0.322 e. The van der Waals surface area contributed by atoms with Gasteiger partial charge in [-0.3, -0.25) is 9.69 Å². The summed E-state index contributed by atoms with van der Waals surface area (Å²) in [5, 5.41) is 3.05. The predicted molar refractivity (Wildman–Crippen MR) is 141 cm³/mol. The molecule has 1 aliphatic heterocycles. The van der Waals surface area contributed by atoms with Crippen LogP contribution in [0.4, 0.5) is 10.1 Å². The van der Waals surface area contributed by atoms with Crippen LogP contribution in [0.3, 0.4) is 0 Å². The number of nitrogens with zero attached hydrogens (tertiary/aromatic N) is 2. The van der Waals surface area contributed by atoms with Crippen LogP contribution in [-0.4, -0.2) is 55.5 Å². The molecule has 0 aromatic heterocycles. The predicted octanol–water partition coefficient (Wildman–Crippen LogP) is 5.71. The van der Waals surface area contributed by atoms with Gasteiger partial charge in [0.25, 0.3) is 5.91 Å². The lowest BCUT2D eigenvalue weighted by Crippen LogP contribution is -2.45. The minimum absolute atomic E-state index is 0.130. The van der Waals surface area contributed by atoms with Gasteiger partial charge in [-0.25, -0.2) is 4.39 Å². The molecule has 5 heteroatoms. The lowest BCUT2D eigenvalue weighted by Gasteiger charge is -2.34. The van der Waals surface area contributed by atoms with Gasteiger partial charge >= 0.3 is 0 Å². The highest BCUT2D eigenvalue weighted by atomic mass is 19.1. The molecular weight excluding hydrogens is 437 g/mol. The fourth-order valence-electron chi connectivity index (χ4n) is 5.04. The van der Waals surface area contributed by atoms with Crippen molar-refractivity contribution >= 4 is 17.2 Å². The van der Waals surface area contributed by atoms with Crippen molar-refractivity contribution in [1.29, 1.82) is 0 Å². The van der Waals surface area contributed by atoms with Crippen molar-refractivity contribution in [2.75, 3.05) is 45.1 Å². The number of carbonyl (C=O) groups is 1. The number of carbonyl (C=O) groups excluding carboxylic acids is 1. The normalized spacial score (nSPS) is 16.8. The highest BCUT2D eigenvalue weighted by Crippen LogP contribution is 2.33. The molecule has 3 aromatic rings. The average molecular weight is 470 g/mol. The number of piperazine rings is 1. The SMILES string of the molecule is CC1=C(CN2CCN(C)CC2)CCc2cc(NC(=O)c3ccc(-c4ccc(F)cc4)cc3)ccc21. The summed E-state index contributed by atoms with van der Waals surface area (Å²) in [7, 11) is 2.19. The molecule has 1 N–H and O–H groups in total. The van der Waals surface area contributed by atoms with Crippen LogP contribution in [0.5, 0.6) is 0 Å². The molecule has 1 aliphatic carbocycles. The maximum absolute atomic E-state index is 13.2. The van der Waals surface area contributed by atoms with Crippen LogP contribution in [0.1, 0.15) is 34.8 Å². The van der Waals surface area contributed by atoms with E-state index < -0.39 is 0 Å². The van der Waals surface area contributed by atoms with Crippen LogP contribution in [0, 0.1) is 5.82 Å². The van der Waals surface area contributed by atoms with Crippen LogP contribution in [0.25, 0.3) is 16.7 Å². The molecule has 35 heavy (non-hydrogen) atoms. The summed E-state index contributed by atoms with van der Waals surface area (Å²) >= 11 is 0. The van der Waals surface area contributed by atoms with Gasteiger partial charge in [0, 0.05) is 44.0 Å². The first-order chi connectivity index (χ1) is 17.0. The number of halogens is 1. The quantitative estimate of drug-likeness (QED) is 0.520. The molecule has 4 nitrogen and oxygen atoms in total. The molecule has 1 fully saturated rings. The summed E-state index contributed by atoms with van der Waals surface area (Å²) in [6.45, 7) is 7.85. The second-order valence-corrected chi connectivity index (χ2v) is 9.72. The number of fused-ring (bicyclic) bond motifs is 1. The molecule has 1 heterocycles. The van der Waals surface area contributed by atoms with E-state index in [0.717, 1.165) is 62.4 Å². The van der Waals surface area contributed by atoms with E-state index in [9.17, 15) is 9.18 Å². The lowest BCUT2D eigenvalue weighted by atomic mass is 9.85. The van der Waals surface area contributed by atoms with Crippen molar-refractivity contribution < 1.29 is 9.18 Å². The van der Waals surface area contributed by atoms with Crippen molar-refractivity contribution in [2.24, 2.45) is 0 Å². The lowest BCUT2D eigenvalue weighted by molar-refractivity contribution is 0.102. The smallest absolute Gasteiger partial charge is 0.255 e. The van der Waals surface area contributed by atoms with E-state index in [0.29, 0.717) is 5.56 Å². The number of rotatable bonds is 5. The molecule has 1 saturated heterocycles. The Hall–Kier alpha value is -3.28. The fourth-order valence-corrected chi connectivity index (χ4v) is 5.04. The molecule has 180 valence electrons. The topological polar surface area (TPSA) is 35.6 Å². The third-order valence-corrected chi connectivity index (χ3v) is 7.33. The number of allylic oxidation sites excluding steroid dienone is 1. The minimum atomic E-state index is -0.258. The zero-order chi connectivity index (χ0) is 24.4. The van der Waals surface area contributed by atoms with Crippen molar-refractivity contribution in [3.05, 3.63) is 94.8 Å². The summed E-state index contributed by atoms with van der Waals surface area (Å²) in [6, 6.07) is 20.1. The standard InChI is InChI=1S/C30H32FN3O/c1-21-26(20-34-17-15-33(2)16-18-34)8-7-25-19-28(13-14-29(21)25)32-30(35)24-5-3-22(4-6-24)23-9-11-27(31)12-10-23/h3-6,9-14,19H,7-8,15-18,20H2,1-2H3,(H,32,35). The van der Waals surface area contributed by atoms with Crippen molar-refractivity contribution in [3.63, 3.8) is 0 Å². The zero-order valence-electron chi connectivity index (χ0n) is 20.5. The minimum Gasteiger partial charge on any atom is -0.322 e. The Kier molecular flexibility index (Phi) is 6.80. The van der Waals surface area contributed by atoms with Gasteiger partial charge in [0.05, 0.1) is 0 Å². The maximum Gasteiger partial charge on any atom is 0.255 e. The van der Waals surface area contributed by atoms with E-state index in [2.05, 4.69) is 41.2 Å². The molecule has 2 aliphatic rings. The Bertz CT molecular complexity index is 1240.